The van der Waals surface area contributed by atoms with Crippen LogP contribution in [0.2, 0.25) is 0 Å². The molecule has 0 spiro atoms. The highest BCUT2D eigenvalue weighted by Crippen LogP contribution is 2.34. The standard InChI is InChI=1S/C22H27NO4/c1-3-5-9-18(20(24)25)16-10-7-12-17-15(16)11-8-13-19(17)22(23,21(26)27)14-6-4-2/h7-13H,3-6,14,23H2,1-2H3,(H,24,25)(H,26,27)/b18-9-. The second-order valence-electron chi connectivity index (χ2n) is 6.80. The number of benzene rings is 2. The Balaban J connectivity index is 2.73. The Morgan fingerprint density at radius 1 is 1.04 bits per heavy atom. The highest BCUT2D eigenvalue weighted by molar-refractivity contribution is 6.19. The summed E-state index contributed by atoms with van der Waals surface area (Å²) in [4.78, 5) is 23.8. The molecule has 5 nitrogen and oxygen atoms in total. The van der Waals surface area contributed by atoms with E-state index in [1.807, 2.05) is 26.0 Å². The number of rotatable bonds is 9. The first-order valence-electron chi connectivity index (χ1n) is 9.35. The fourth-order valence-electron chi connectivity index (χ4n) is 3.35. The highest BCUT2D eigenvalue weighted by atomic mass is 16.4. The van der Waals surface area contributed by atoms with E-state index in [1.54, 1.807) is 30.3 Å². The van der Waals surface area contributed by atoms with Gasteiger partial charge in [0.15, 0.2) is 0 Å². The van der Waals surface area contributed by atoms with Gasteiger partial charge in [0.25, 0.3) is 0 Å². The van der Waals surface area contributed by atoms with Crippen LogP contribution >= 0.6 is 0 Å². The van der Waals surface area contributed by atoms with Crippen LogP contribution < -0.4 is 5.73 Å². The number of carboxylic acids is 2. The summed E-state index contributed by atoms with van der Waals surface area (Å²) in [5.41, 5.74) is 6.17. The van der Waals surface area contributed by atoms with Crippen molar-refractivity contribution in [3.63, 3.8) is 0 Å². The lowest BCUT2D eigenvalue weighted by Crippen LogP contribution is -2.45. The molecule has 0 fully saturated rings. The molecule has 4 N–H and O–H groups in total. The largest absolute Gasteiger partial charge is 0.480 e. The average molecular weight is 369 g/mol. The van der Waals surface area contributed by atoms with Gasteiger partial charge in [-0.1, -0.05) is 75.6 Å². The molecule has 27 heavy (non-hydrogen) atoms. The van der Waals surface area contributed by atoms with E-state index in [2.05, 4.69) is 0 Å². The summed E-state index contributed by atoms with van der Waals surface area (Å²) in [6.07, 6.45) is 5.06. The zero-order chi connectivity index (χ0) is 20.0. The Labute approximate surface area is 159 Å². The number of hydrogen-bond donors (Lipinski definition) is 3. The molecule has 0 saturated carbocycles. The van der Waals surface area contributed by atoms with Crippen LogP contribution in [-0.4, -0.2) is 22.2 Å². The number of aliphatic carboxylic acids is 2. The van der Waals surface area contributed by atoms with Crippen molar-refractivity contribution in [2.24, 2.45) is 5.73 Å². The lowest BCUT2D eigenvalue weighted by molar-refractivity contribution is -0.144. The maximum Gasteiger partial charge on any atom is 0.335 e. The molecule has 1 atom stereocenters. The van der Waals surface area contributed by atoms with E-state index in [-0.39, 0.29) is 5.57 Å². The third-order valence-corrected chi connectivity index (χ3v) is 4.87. The van der Waals surface area contributed by atoms with Crippen molar-refractivity contribution in [3.05, 3.63) is 53.6 Å². The Morgan fingerprint density at radius 2 is 1.70 bits per heavy atom. The molecule has 2 aromatic carbocycles. The molecule has 0 amide bonds. The van der Waals surface area contributed by atoms with Crippen molar-refractivity contribution in [1.82, 2.24) is 0 Å². The van der Waals surface area contributed by atoms with Gasteiger partial charge in [0.2, 0.25) is 0 Å². The SMILES string of the molecule is CCC/C=C(\C(=O)O)c1cccc2c(C(N)(CCCC)C(=O)O)cccc12. The Morgan fingerprint density at radius 3 is 2.30 bits per heavy atom. The van der Waals surface area contributed by atoms with Crippen molar-refractivity contribution >= 4 is 28.3 Å². The minimum Gasteiger partial charge on any atom is -0.480 e. The quantitative estimate of drug-likeness (QED) is 0.564. The van der Waals surface area contributed by atoms with Crippen LogP contribution in [0.4, 0.5) is 0 Å². The molecule has 0 aliphatic carbocycles. The zero-order valence-electron chi connectivity index (χ0n) is 15.9. The lowest BCUT2D eigenvalue weighted by atomic mass is 9.82. The number of unbranched alkanes of at least 4 members (excludes halogenated alkanes) is 2. The van der Waals surface area contributed by atoms with E-state index in [9.17, 15) is 19.8 Å². The summed E-state index contributed by atoms with van der Waals surface area (Å²) >= 11 is 0. The first-order chi connectivity index (χ1) is 12.9. The zero-order valence-corrected chi connectivity index (χ0v) is 15.9. The van der Waals surface area contributed by atoms with Crippen LogP contribution in [0.15, 0.2) is 42.5 Å². The average Bonchev–Trinajstić information content (AvgIpc) is 2.65. The summed E-state index contributed by atoms with van der Waals surface area (Å²) in [5.74, 6) is -2.07. The van der Waals surface area contributed by atoms with E-state index in [0.717, 1.165) is 12.8 Å². The van der Waals surface area contributed by atoms with Crippen LogP contribution in [-0.2, 0) is 15.1 Å². The molecule has 0 radical (unpaired) electrons. The van der Waals surface area contributed by atoms with Gasteiger partial charge in [-0.25, -0.2) is 9.59 Å². The molecule has 0 aliphatic heterocycles. The third kappa shape index (κ3) is 4.19. The highest BCUT2D eigenvalue weighted by Gasteiger charge is 2.36. The predicted molar refractivity (Wildman–Crippen MR) is 107 cm³/mol. The molecular formula is C22H27NO4. The predicted octanol–water partition coefficient (Wildman–Crippen LogP) is 4.54. The number of hydrogen-bond acceptors (Lipinski definition) is 3. The topological polar surface area (TPSA) is 101 Å². The summed E-state index contributed by atoms with van der Waals surface area (Å²) < 4.78 is 0. The monoisotopic (exact) mass is 369 g/mol. The summed E-state index contributed by atoms with van der Waals surface area (Å²) in [7, 11) is 0. The summed E-state index contributed by atoms with van der Waals surface area (Å²) in [5, 5.41) is 20.9. The molecule has 0 saturated heterocycles. The van der Waals surface area contributed by atoms with E-state index in [0.29, 0.717) is 41.2 Å². The first-order valence-corrected chi connectivity index (χ1v) is 9.35. The normalized spacial score (nSPS) is 14.1. The molecule has 144 valence electrons. The van der Waals surface area contributed by atoms with Gasteiger partial charge in [-0.2, -0.15) is 0 Å². The van der Waals surface area contributed by atoms with Gasteiger partial charge >= 0.3 is 11.9 Å². The molecule has 1 unspecified atom stereocenters. The molecule has 0 bridgehead atoms. The second kappa shape index (κ2) is 8.82. The number of allylic oxidation sites excluding steroid dienone is 1. The Kier molecular flexibility index (Phi) is 6.75. The van der Waals surface area contributed by atoms with Gasteiger partial charge < -0.3 is 15.9 Å². The van der Waals surface area contributed by atoms with Gasteiger partial charge in [0, 0.05) is 0 Å². The molecule has 2 rings (SSSR count). The van der Waals surface area contributed by atoms with Gasteiger partial charge in [0.05, 0.1) is 5.57 Å². The minimum absolute atomic E-state index is 0.228. The van der Waals surface area contributed by atoms with Crippen LogP contribution in [0.3, 0.4) is 0 Å². The van der Waals surface area contributed by atoms with Crippen LogP contribution in [0, 0.1) is 0 Å². The summed E-state index contributed by atoms with van der Waals surface area (Å²) in [6.45, 7) is 3.97. The molecule has 2 aromatic rings. The lowest BCUT2D eigenvalue weighted by Gasteiger charge is -2.27. The Hall–Kier alpha value is -2.66. The van der Waals surface area contributed by atoms with Crippen LogP contribution in [0.25, 0.3) is 16.3 Å². The fourth-order valence-corrected chi connectivity index (χ4v) is 3.35. The first kappa shape index (κ1) is 20.6. The number of carboxylic acid groups (broad SMARTS) is 2. The molecule has 5 heteroatoms. The maximum atomic E-state index is 12.0. The maximum absolute atomic E-state index is 12.0. The van der Waals surface area contributed by atoms with Gasteiger partial charge in [-0.3, -0.25) is 0 Å². The van der Waals surface area contributed by atoms with E-state index in [4.69, 9.17) is 5.73 Å². The van der Waals surface area contributed by atoms with E-state index < -0.39 is 17.5 Å². The van der Waals surface area contributed by atoms with Gasteiger partial charge in [-0.05, 0) is 34.7 Å². The van der Waals surface area contributed by atoms with Crippen LogP contribution in [0.5, 0.6) is 0 Å². The van der Waals surface area contributed by atoms with Crippen molar-refractivity contribution in [3.8, 4) is 0 Å². The smallest absolute Gasteiger partial charge is 0.335 e. The molecule has 0 aromatic heterocycles. The van der Waals surface area contributed by atoms with Crippen LogP contribution in [0.1, 0.15) is 57.1 Å². The van der Waals surface area contributed by atoms with Gasteiger partial charge in [0.1, 0.15) is 5.54 Å². The third-order valence-electron chi connectivity index (χ3n) is 4.87. The van der Waals surface area contributed by atoms with Crippen molar-refractivity contribution < 1.29 is 19.8 Å². The fraction of sp³-hybridized carbons (Fsp3) is 0.364. The second-order valence-corrected chi connectivity index (χ2v) is 6.80. The van der Waals surface area contributed by atoms with Gasteiger partial charge in [-0.15, -0.1) is 0 Å². The summed E-state index contributed by atoms with van der Waals surface area (Å²) in [6, 6.07) is 10.6. The molecular weight excluding hydrogens is 342 g/mol. The minimum atomic E-state index is -1.51. The molecule has 0 heterocycles. The van der Waals surface area contributed by atoms with E-state index >= 15 is 0 Å². The van der Waals surface area contributed by atoms with Crippen molar-refractivity contribution in [2.75, 3.05) is 0 Å². The van der Waals surface area contributed by atoms with E-state index in [1.165, 1.54) is 0 Å². The number of fused-ring (bicyclic) bond motifs is 1. The van der Waals surface area contributed by atoms with Crippen molar-refractivity contribution in [1.29, 1.82) is 0 Å². The number of nitrogens with two attached hydrogens (primary N) is 1. The molecule has 0 aliphatic rings. The Bertz CT molecular complexity index is 872. The number of carbonyl (C=O) groups is 2. The van der Waals surface area contributed by atoms with Crippen molar-refractivity contribution in [2.45, 2.75) is 51.5 Å².